The quantitative estimate of drug-likeness (QED) is 0.654. The summed E-state index contributed by atoms with van der Waals surface area (Å²) in [6.45, 7) is -0.332. The molecule has 0 bridgehead atoms. The average Bonchev–Trinajstić information content (AvgIpc) is 1.84. The minimum atomic E-state index is -0.490. The molecule has 0 N–H and O–H groups in total. The molecule has 0 saturated heterocycles. The highest BCUT2D eigenvalue weighted by Gasteiger charge is 1.93. The van der Waals surface area contributed by atoms with Crippen LogP contribution in [0.4, 0.5) is 0 Å². The fraction of sp³-hybridized carbons (Fsp3) is 0. The molecule has 0 saturated carbocycles. The van der Waals surface area contributed by atoms with Crippen LogP contribution in [0.2, 0.25) is 0 Å². The molecule has 7 atom stereocenters. The third-order valence-corrected chi connectivity index (χ3v) is 26.3. The summed E-state index contributed by atoms with van der Waals surface area (Å²) in [5, 5.41) is 0. The summed E-state index contributed by atoms with van der Waals surface area (Å²) in [6.07, 6.45) is 0. The topological polar surface area (TPSA) is 0 Å². The van der Waals surface area contributed by atoms with E-state index in [9.17, 15) is 0 Å². The zero-order valence-corrected chi connectivity index (χ0v) is 12.2. The summed E-state index contributed by atoms with van der Waals surface area (Å²) in [6, 6.07) is 0. The Kier molecular flexibility index (Phi) is 8.47. The normalized spacial score (nSPS) is 25.2. The van der Waals surface area contributed by atoms with Gasteiger partial charge >= 0.3 is 0 Å². The highest BCUT2D eigenvalue weighted by Crippen LogP contribution is 2.91. The van der Waals surface area contributed by atoms with E-state index < -0.39 is 7.90 Å². The molecular formula is H9P8-. The summed E-state index contributed by atoms with van der Waals surface area (Å²) < 4.78 is 7.66. The molecule has 0 radical (unpaired) electrons. The molecule has 0 amide bonds. The van der Waals surface area contributed by atoms with Crippen molar-refractivity contribution >= 4 is 65.5 Å². The van der Waals surface area contributed by atoms with Gasteiger partial charge in [-0.15, -0.1) is 26.8 Å². The Labute approximate surface area is 67.1 Å². The molecule has 0 nitrogen and oxygen atoms in total. The molecule has 50 valence electrons. The van der Waals surface area contributed by atoms with Crippen LogP contribution in [0, 0.1) is 0 Å². The van der Waals surface area contributed by atoms with Crippen molar-refractivity contribution < 1.29 is 0 Å². The van der Waals surface area contributed by atoms with Crippen molar-refractivity contribution in [2.75, 3.05) is 0 Å². The minimum absolute atomic E-state index is 0.0808. The van der Waals surface area contributed by atoms with Gasteiger partial charge in [0.15, 0.2) is 0 Å². The Morgan fingerprint density at radius 2 is 2.12 bits per heavy atom. The molecular weight excluding hydrogens is 248 g/mol. The predicted octanol–water partition coefficient (Wildman–Crippen LogP) is 4.48. The van der Waals surface area contributed by atoms with Crippen LogP contribution in [0.1, 0.15) is 0 Å². The van der Waals surface area contributed by atoms with Crippen LogP contribution >= 0.6 is 65.5 Å². The van der Waals surface area contributed by atoms with Gasteiger partial charge in [0, 0.05) is 0 Å². The van der Waals surface area contributed by atoms with E-state index in [1.165, 1.54) is 0 Å². The van der Waals surface area contributed by atoms with Crippen molar-refractivity contribution in [1.82, 2.24) is 0 Å². The largest absolute Gasteiger partial charge is 0.517 e. The summed E-state index contributed by atoms with van der Waals surface area (Å²) in [7, 11) is 12.1. The lowest BCUT2D eigenvalue weighted by atomic mass is 28.9. The SMILES string of the molecule is [2H]P(P([PH-])P)P(P)PP. The molecule has 0 aromatic heterocycles. The Balaban J connectivity index is 3.58. The molecule has 7 unspecified atom stereocenters. The molecule has 0 rings (SSSR count). The maximum absolute atomic E-state index is 7.66. The maximum Gasteiger partial charge on any atom is 0.0662 e. The lowest BCUT2D eigenvalue weighted by Crippen LogP contribution is -1.18. The van der Waals surface area contributed by atoms with Crippen LogP contribution in [0.15, 0.2) is 0 Å². The van der Waals surface area contributed by atoms with Crippen molar-refractivity contribution in [3.8, 4) is 0 Å². The third-order valence-electron chi connectivity index (χ3n) is 0.325. The molecule has 0 aliphatic rings. The number of hydrogen-bond donors (Lipinski definition) is 0. The fourth-order valence-corrected chi connectivity index (χ4v) is 31.5. The van der Waals surface area contributed by atoms with Gasteiger partial charge in [0.05, 0.1) is 1.28 Å². The summed E-state index contributed by atoms with van der Waals surface area (Å²) in [5.74, 6) is 0. The number of hydrogen-bond acceptors (Lipinski definition) is 0. The first kappa shape index (κ1) is 9.53. The molecule has 0 aromatic carbocycles. The predicted molar refractivity (Wildman–Crippen MR) is 67.9 cm³/mol. The first-order valence-electron chi connectivity index (χ1n) is 2.10. The van der Waals surface area contributed by atoms with Gasteiger partial charge in [-0.3, -0.25) is 0 Å². The summed E-state index contributed by atoms with van der Waals surface area (Å²) in [4.78, 5) is 0. The summed E-state index contributed by atoms with van der Waals surface area (Å²) in [5.41, 5.74) is 0. The van der Waals surface area contributed by atoms with Gasteiger partial charge in [0.2, 0.25) is 0 Å². The van der Waals surface area contributed by atoms with Gasteiger partial charge in [-0.05, 0) is 6.99 Å². The Bertz CT molecular complexity index is 69.0. The minimum Gasteiger partial charge on any atom is -0.517 e. The molecule has 0 fully saturated rings. The average molecular weight is 258 g/mol. The van der Waals surface area contributed by atoms with Crippen LogP contribution in [0.3, 0.4) is 0 Å². The van der Waals surface area contributed by atoms with E-state index in [0.717, 1.165) is 7.96 Å². The second-order valence-electron chi connectivity index (χ2n) is 0.908. The fourth-order valence-electron chi connectivity index (χ4n) is 0.130. The Hall–Kier alpha value is 3.44. The van der Waals surface area contributed by atoms with Gasteiger partial charge in [0.1, 0.15) is 0 Å². The molecule has 8 heavy (non-hydrogen) atoms. The number of rotatable bonds is 3. The van der Waals surface area contributed by atoms with Crippen LogP contribution in [0.5, 0.6) is 0 Å². The highest BCUT2D eigenvalue weighted by molar-refractivity contribution is 8.97. The van der Waals surface area contributed by atoms with Crippen LogP contribution in [-0.4, -0.2) is 1.28 Å². The van der Waals surface area contributed by atoms with E-state index in [1.54, 1.807) is 0 Å². The maximum atomic E-state index is 7.66. The summed E-state index contributed by atoms with van der Waals surface area (Å²) >= 11 is 0. The molecule has 0 aliphatic carbocycles. The van der Waals surface area contributed by atoms with Gasteiger partial charge < -0.3 is 8.93 Å². The van der Waals surface area contributed by atoms with E-state index in [2.05, 4.69) is 35.7 Å². The molecule has 0 aliphatic heterocycles. The van der Waals surface area contributed by atoms with Crippen molar-refractivity contribution in [3.63, 3.8) is 0 Å². The Morgan fingerprint density at radius 1 is 1.62 bits per heavy atom. The van der Waals surface area contributed by atoms with Crippen LogP contribution in [0.25, 0.3) is 0 Å². The standard InChI is InChI=1S/H9P8/c1-5-8(4)6-7(2)3/h2,5-6H,1,3-4H2/q-1/i6D. The first-order valence-corrected chi connectivity index (χ1v) is 14.9. The highest BCUT2D eigenvalue weighted by atomic mass is 33.0. The first-order chi connectivity index (χ1) is 4.09. The zero-order valence-electron chi connectivity index (χ0n) is 5.07. The molecule has 0 aromatic rings. The van der Waals surface area contributed by atoms with E-state index in [-0.39, 0.29) is 14.0 Å². The van der Waals surface area contributed by atoms with E-state index in [4.69, 9.17) is 1.28 Å². The van der Waals surface area contributed by atoms with Gasteiger partial charge in [-0.25, -0.2) is 6.99 Å². The van der Waals surface area contributed by atoms with Crippen LogP contribution < -0.4 is 0 Å². The van der Waals surface area contributed by atoms with E-state index in [1.807, 2.05) is 0 Å². The lowest BCUT2D eigenvalue weighted by molar-refractivity contribution is 4.88. The molecule has 0 heterocycles. The monoisotopic (exact) mass is 258 g/mol. The van der Waals surface area contributed by atoms with Gasteiger partial charge in [-0.2, -0.15) is 0 Å². The van der Waals surface area contributed by atoms with Crippen molar-refractivity contribution in [1.29, 1.82) is 1.28 Å². The van der Waals surface area contributed by atoms with Crippen molar-refractivity contribution in [2.45, 2.75) is 0 Å². The van der Waals surface area contributed by atoms with E-state index >= 15 is 0 Å². The smallest absolute Gasteiger partial charge is 0.0662 e. The van der Waals surface area contributed by atoms with E-state index in [0.29, 0.717) is 0 Å². The zero-order chi connectivity index (χ0) is 7.44. The second kappa shape index (κ2) is 7.11. The second-order valence-corrected chi connectivity index (χ2v) is 24.5. The third kappa shape index (κ3) is 7.55. The van der Waals surface area contributed by atoms with Crippen molar-refractivity contribution in [2.24, 2.45) is 0 Å². The van der Waals surface area contributed by atoms with Crippen molar-refractivity contribution in [3.05, 3.63) is 0 Å². The lowest BCUT2D eigenvalue weighted by Gasteiger charge is -2.18. The van der Waals surface area contributed by atoms with Crippen LogP contribution in [-0.2, 0) is 0 Å². The molecule has 0 spiro atoms. The van der Waals surface area contributed by atoms with Gasteiger partial charge in [-0.1, -0.05) is 15.9 Å². The molecule has 8 heteroatoms. The Morgan fingerprint density at radius 3 is 2.25 bits per heavy atom. The van der Waals surface area contributed by atoms with Gasteiger partial charge in [0.25, 0.3) is 0 Å².